The average Bonchev–Trinajstić information content (AvgIpc) is 3.26. The van der Waals surface area contributed by atoms with Crippen LogP contribution in [0, 0.1) is 16.7 Å². The molecule has 154 valence electrons. The molecule has 1 saturated heterocycles. The predicted molar refractivity (Wildman–Crippen MR) is 103 cm³/mol. The maximum atomic E-state index is 12.8. The van der Waals surface area contributed by atoms with Crippen molar-refractivity contribution in [1.82, 2.24) is 0 Å². The fourth-order valence-electron chi connectivity index (χ4n) is 5.36. The van der Waals surface area contributed by atoms with Gasteiger partial charge in [-0.05, 0) is 24.2 Å². The number of ketones is 1. The van der Waals surface area contributed by atoms with Crippen molar-refractivity contribution in [3.63, 3.8) is 0 Å². The van der Waals surface area contributed by atoms with E-state index in [4.69, 9.17) is 13.7 Å². The van der Waals surface area contributed by atoms with Gasteiger partial charge in [0.05, 0.1) is 31.0 Å². The van der Waals surface area contributed by atoms with Crippen molar-refractivity contribution in [2.45, 2.75) is 45.3 Å². The highest BCUT2D eigenvalue weighted by Gasteiger charge is 2.65. The maximum Gasteiger partial charge on any atom is 0.268 e. The van der Waals surface area contributed by atoms with E-state index in [1.54, 1.807) is 0 Å². The first-order valence-electron chi connectivity index (χ1n) is 9.95. The van der Waals surface area contributed by atoms with Crippen LogP contribution in [-0.2, 0) is 34.4 Å². The van der Waals surface area contributed by atoms with Crippen LogP contribution in [-0.4, -0.2) is 39.8 Å². The molecule has 0 radical (unpaired) electrons. The van der Waals surface area contributed by atoms with Crippen LogP contribution in [0.15, 0.2) is 30.3 Å². The van der Waals surface area contributed by atoms with Gasteiger partial charge >= 0.3 is 0 Å². The molecule has 2 bridgehead atoms. The number of carbonyl (C=O) groups excluding carboxylic acids is 1. The van der Waals surface area contributed by atoms with Crippen molar-refractivity contribution < 1.29 is 26.9 Å². The second kappa shape index (κ2) is 6.90. The summed E-state index contributed by atoms with van der Waals surface area (Å²) in [4.78, 5) is 12.6. The van der Waals surface area contributed by atoms with Gasteiger partial charge in [-0.3, -0.25) is 8.98 Å². The molecule has 2 atom stereocenters. The van der Waals surface area contributed by atoms with Crippen LogP contribution in [0.1, 0.15) is 45.1 Å². The molecule has 6 nitrogen and oxygen atoms in total. The molecule has 2 unspecified atom stereocenters. The van der Waals surface area contributed by atoms with Crippen LogP contribution < -0.4 is 0 Å². The highest BCUT2D eigenvalue weighted by molar-refractivity contribution is 7.86. The van der Waals surface area contributed by atoms with E-state index >= 15 is 0 Å². The number of fused-ring (bicyclic) bond motifs is 2. The standard InChI is InChI=1S/C21H28O6S/c1-19(2)17-8-9-20(19,18(22)14-17)15-28(23,24)27-11-10-21(25-12-13-26-21)16-6-4-3-5-7-16/h3-7,17H,8-15H2,1-2H3. The highest BCUT2D eigenvalue weighted by atomic mass is 32.2. The number of hydrogen-bond donors (Lipinski definition) is 0. The number of ether oxygens (including phenoxy) is 2. The first-order valence-corrected chi connectivity index (χ1v) is 11.5. The minimum absolute atomic E-state index is 0.0502. The van der Waals surface area contributed by atoms with Crippen LogP contribution in [0.4, 0.5) is 0 Å². The SMILES string of the molecule is CC1(C)C2CCC1(CS(=O)(=O)OCCC1(c3ccccc3)OCCO1)C(=O)C2. The molecule has 3 fully saturated rings. The molecule has 2 aliphatic carbocycles. The van der Waals surface area contributed by atoms with Crippen LogP contribution in [0.5, 0.6) is 0 Å². The summed E-state index contributed by atoms with van der Waals surface area (Å²) in [6, 6.07) is 9.49. The lowest BCUT2D eigenvalue weighted by molar-refractivity contribution is -0.174. The lowest BCUT2D eigenvalue weighted by Crippen LogP contribution is -2.42. The second-order valence-electron chi connectivity index (χ2n) is 8.76. The van der Waals surface area contributed by atoms with Crippen LogP contribution in [0.3, 0.4) is 0 Å². The molecule has 1 aromatic rings. The fraction of sp³-hybridized carbons (Fsp3) is 0.667. The zero-order valence-electron chi connectivity index (χ0n) is 16.5. The quantitative estimate of drug-likeness (QED) is 0.646. The first-order chi connectivity index (χ1) is 13.2. The summed E-state index contributed by atoms with van der Waals surface area (Å²) >= 11 is 0. The Hall–Kier alpha value is -1.28. The van der Waals surface area contributed by atoms with Crippen molar-refractivity contribution in [3.8, 4) is 0 Å². The lowest BCUT2D eigenvalue weighted by Gasteiger charge is -2.36. The largest absolute Gasteiger partial charge is 0.343 e. The molecule has 4 rings (SSSR count). The normalized spacial score (nSPS) is 30.8. The van der Waals surface area contributed by atoms with Gasteiger partial charge in [0.2, 0.25) is 0 Å². The van der Waals surface area contributed by atoms with Gasteiger partial charge in [0.15, 0.2) is 5.79 Å². The van der Waals surface area contributed by atoms with E-state index in [1.165, 1.54) is 0 Å². The van der Waals surface area contributed by atoms with E-state index in [0.29, 0.717) is 26.1 Å². The van der Waals surface area contributed by atoms with Gasteiger partial charge in [-0.2, -0.15) is 8.42 Å². The molecular weight excluding hydrogens is 380 g/mol. The summed E-state index contributed by atoms with van der Waals surface area (Å²) < 4.78 is 42.5. The molecule has 0 spiro atoms. The molecule has 1 aliphatic heterocycles. The van der Waals surface area contributed by atoms with E-state index in [1.807, 2.05) is 44.2 Å². The van der Waals surface area contributed by atoms with Crippen molar-refractivity contribution in [2.75, 3.05) is 25.6 Å². The molecule has 7 heteroatoms. The van der Waals surface area contributed by atoms with E-state index in [-0.39, 0.29) is 35.9 Å². The number of hydrogen-bond acceptors (Lipinski definition) is 6. The molecule has 0 N–H and O–H groups in total. The van der Waals surface area contributed by atoms with E-state index in [2.05, 4.69) is 0 Å². The third-order valence-corrected chi connectivity index (χ3v) is 8.60. The molecule has 0 amide bonds. The van der Waals surface area contributed by atoms with Crippen LogP contribution >= 0.6 is 0 Å². The number of Topliss-reactive ketones (excluding diaryl/α,β-unsaturated/α-hetero) is 1. The fourth-order valence-corrected chi connectivity index (χ4v) is 7.06. The molecule has 3 aliphatic rings. The Labute approximate surface area is 166 Å². The molecule has 1 heterocycles. The van der Waals surface area contributed by atoms with Gasteiger partial charge in [-0.1, -0.05) is 44.2 Å². The third-order valence-electron chi connectivity index (χ3n) is 7.22. The second-order valence-corrected chi connectivity index (χ2v) is 10.4. The van der Waals surface area contributed by atoms with Crippen molar-refractivity contribution in [1.29, 1.82) is 0 Å². The van der Waals surface area contributed by atoms with Crippen LogP contribution in [0.25, 0.3) is 0 Å². The summed E-state index contributed by atoms with van der Waals surface area (Å²) in [5.74, 6) is -0.862. The number of carbonyl (C=O) groups is 1. The van der Waals surface area contributed by atoms with Gasteiger partial charge in [0, 0.05) is 18.4 Å². The zero-order chi connectivity index (χ0) is 20.0. The van der Waals surface area contributed by atoms with Crippen molar-refractivity contribution in [2.24, 2.45) is 16.7 Å². The summed E-state index contributed by atoms with van der Waals surface area (Å²) in [6.07, 6.45) is 2.30. The molecule has 28 heavy (non-hydrogen) atoms. The van der Waals surface area contributed by atoms with E-state index in [9.17, 15) is 13.2 Å². The van der Waals surface area contributed by atoms with Gasteiger partial charge < -0.3 is 9.47 Å². The van der Waals surface area contributed by atoms with E-state index in [0.717, 1.165) is 12.0 Å². The molecule has 2 saturated carbocycles. The summed E-state index contributed by atoms with van der Waals surface area (Å²) in [5, 5.41) is 0. The summed E-state index contributed by atoms with van der Waals surface area (Å²) in [5.41, 5.74) is -0.268. The Kier molecular flexibility index (Phi) is 4.93. The number of rotatable bonds is 7. The molecular formula is C21H28O6S. The van der Waals surface area contributed by atoms with Crippen LogP contribution in [0.2, 0.25) is 0 Å². The van der Waals surface area contributed by atoms with Gasteiger partial charge in [0.1, 0.15) is 5.78 Å². The average molecular weight is 409 g/mol. The topological polar surface area (TPSA) is 78.9 Å². The van der Waals surface area contributed by atoms with Gasteiger partial charge in [-0.15, -0.1) is 0 Å². The third kappa shape index (κ3) is 3.12. The van der Waals surface area contributed by atoms with Crippen molar-refractivity contribution in [3.05, 3.63) is 35.9 Å². The number of benzene rings is 1. The minimum atomic E-state index is -3.85. The smallest absolute Gasteiger partial charge is 0.268 e. The van der Waals surface area contributed by atoms with Crippen molar-refractivity contribution >= 4 is 15.9 Å². The van der Waals surface area contributed by atoms with Gasteiger partial charge in [0.25, 0.3) is 10.1 Å². The van der Waals surface area contributed by atoms with E-state index < -0.39 is 21.3 Å². The maximum absolute atomic E-state index is 12.8. The predicted octanol–water partition coefficient (Wildman–Crippen LogP) is 3.02. The monoisotopic (exact) mass is 408 g/mol. The minimum Gasteiger partial charge on any atom is -0.343 e. The zero-order valence-corrected chi connectivity index (χ0v) is 17.3. The molecule has 0 aromatic heterocycles. The summed E-state index contributed by atoms with van der Waals surface area (Å²) in [7, 11) is -3.85. The Morgan fingerprint density at radius 3 is 2.39 bits per heavy atom. The Bertz CT molecular complexity index is 841. The Balaban J connectivity index is 1.44. The lowest BCUT2D eigenvalue weighted by atomic mass is 9.70. The van der Waals surface area contributed by atoms with Gasteiger partial charge in [-0.25, -0.2) is 0 Å². The Morgan fingerprint density at radius 1 is 1.14 bits per heavy atom. The first kappa shape index (κ1) is 20.0. The summed E-state index contributed by atoms with van der Waals surface area (Å²) in [6.45, 7) is 4.90. The highest BCUT2D eigenvalue weighted by Crippen LogP contribution is 2.64. The molecule has 1 aromatic carbocycles. The Morgan fingerprint density at radius 2 is 1.82 bits per heavy atom.